The van der Waals surface area contributed by atoms with Crippen LogP contribution in [0.2, 0.25) is 0 Å². The molecule has 7 heteroatoms. The van der Waals surface area contributed by atoms with Crippen molar-refractivity contribution in [3.05, 3.63) is 23.8 Å². The maximum absolute atomic E-state index is 12.2. The van der Waals surface area contributed by atoms with Crippen LogP contribution in [0.5, 0.6) is 0 Å². The van der Waals surface area contributed by atoms with Gasteiger partial charge in [-0.05, 0) is 31.0 Å². The number of hydrogen-bond acceptors (Lipinski definition) is 5. The smallest absolute Gasteiger partial charge is 0.411 e. The third-order valence-electron chi connectivity index (χ3n) is 3.21. The molecule has 2 amide bonds. The summed E-state index contributed by atoms with van der Waals surface area (Å²) < 4.78 is 9.76. The van der Waals surface area contributed by atoms with Gasteiger partial charge in [0.25, 0.3) is 5.91 Å². The molecule has 0 radical (unpaired) electrons. The van der Waals surface area contributed by atoms with Crippen LogP contribution in [0, 0.1) is 0 Å². The number of carbonyl (C=O) groups excluding carboxylic acids is 2. The van der Waals surface area contributed by atoms with E-state index >= 15 is 0 Å². The van der Waals surface area contributed by atoms with E-state index in [9.17, 15) is 9.59 Å². The summed E-state index contributed by atoms with van der Waals surface area (Å²) in [5.41, 5.74) is 6.96. The van der Waals surface area contributed by atoms with Gasteiger partial charge in [0.1, 0.15) is 0 Å². The Kier molecular flexibility index (Phi) is 4.99. The second kappa shape index (κ2) is 6.94. The number of nitrogens with two attached hydrogens (primary N) is 1. The molecule has 1 aliphatic rings. The monoisotopic (exact) mass is 293 g/mol. The quantitative estimate of drug-likeness (QED) is 0.730. The Morgan fingerprint density at radius 2 is 2.00 bits per heavy atom. The van der Waals surface area contributed by atoms with Crippen molar-refractivity contribution in [2.24, 2.45) is 0 Å². The summed E-state index contributed by atoms with van der Waals surface area (Å²) in [6.07, 6.45) is 0.972. The zero-order valence-electron chi connectivity index (χ0n) is 11.8. The van der Waals surface area contributed by atoms with E-state index in [1.54, 1.807) is 18.2 Å². The molecule has 0 atom stereocenters. The molecular weight excluding hydrogens is 274 g/mol. The lowest BCUT2D eigenvalue weighted by molar-refractivity contribution is 0.0696. The van der Waals surface area contributed by atoms with Gasteiger partial charge in [0.05, 0.1) is 7.11 Å². The third kappa shape index (κ3) is 4.35. The standard InChI is InChI=1S/C14H19N3O4/c1-20-14(19)17-12-7-9(6-10(15)8-12)13(18)16-11-2-4-21-5-3-11/h6-8,11H,2-5,15H2,1H3,(H,16,18)(H,17,19). The van der Waals surface area contributed by atoms with E-state index in [1.807, 2.05) is 0 Å². The van der Waals surface area contributed by atoms with Gasteiger partial charge in [0.15, 0.2) is 0 Å². The SMILES string of the molecule is COC(=O)Nc1cc(N)cc(C(=O)NC2CCOCC2)c1. The second-order valence-corrected chi connectivity index (χ2v) is 4.82. The molecule has 0 bridgehead atoms. The Morgan fingerprint density at radius 1 is 1.29 bits per heavy atom. The van der Waals surface area contributed by atoms with Crippen LogP contribution in [0.25, 0.3) is 0 Å². The predicted octanol–water partition coefficient (Wildman–Crippen LogP) is 1.36. The fourth-order valence-corrected chi connectivity index (χ4v) is 2.13. The summed E-state index contributed by atoms with van der Waals surface area (Å²) in [5, 5.41) is 5.43. The van der Waals surface area contributed by atoms with E-state index < -0.39 is 6.09 Å². The highest BCUT2D eigenvalue weighted by atomic mass is 16.5. The first kappa shape index (κ1) is 15.1. The van der Waals surface area contributed by atoms with Crippen LogP contribution in [0.4, 0.5) is 16.2 Å². The largest absolute Gasteiger partial charge is 0.453 e. The van der Waals surface area contributed by atoms with E-state index in [2.05, 4.69) is 15.4 Å². The Bertz CT molecular complexity index is 527. The van der Waals surface area contributed by atoms with Crippen LogP contribution in [0.1, 0.15) is 23.2 Å². The minimum absolute atomic E-state index is 0.102. The van der Waals surface area contributed by atoms with Crippen molar-refractivity contribution in [3.8, 4) is 0 Å². The second-order valence-electron chi connectivity index (χ2n) is 4.82. The number of amides is 2. The number of nitrogen functional groups attached to an aromatic ring is 1. The highest BCUT2D eigenvalue weighted by Crippen LogP contribution is 2.17. The van der Waals surface area contributed by atoms with Crippen LogP contribution < -0.4 is 16.4 Å². The van der Waals surface area contributed by atoms with Gasteiger partial charge in [-0.15, -0.1) is 0 Å². The van der Waals surface area contributed by atoms with Crippen molar-refractivity contribution >= 4 is 23.4 Å². The number of rotatable bonds is 3. The molecule has 1 aliphatic heterocycles. The van der Waals surface area contributed by atoms with E-state index in [1.165, 1.54) is 7.11 Å². The number of carbonyl (C=O) groups is 2. The number of ether oxygens (including phenoxy) is 2. The van der Waals surface area contributed by atoms with Crippen LogP contribution in [0.15, 0.2) is 18.2 Å². The molecule has 21 heavy (non-hydrogen) atoms. The zero-order chi connectivity index (χ0) is 15.2. The van der Waals surface area contributed by atoms with Gasteiger partial charge in [-0.25, -0.2) is 4.79 Å². The van der Waals surface area contributed by atoms with Gasteiger partial charge < -0.3 is 20.5 Å². The average molecular weight is 293 g/mol. The summed E-state index contributed by atoms with van der Waals surface area (Å²) in [4.78, 5) is 23.4. The fourth-order valence-electron chi connectivity index (χ4n) is 2.13. The molecular formula is C14H19N3O4. The molecule has 0 aliphatic carbocycles. The molecule has 114 valence electrons. The summed E-state index contributed by atoms with van der Waals surface area (Å²) in [6.45, 7) is 1.30. The van der Waals surface area contributed by atoms with Crippen LogP contribution >= 0.6 is 0 Å². The Morgan fingerprint density at radius 3 is 2.67 bits per heavy atom. The van der Waals surface area contributed by atoms with Gasteiger partial charge in [-0.3, -0.25) is 10.1 Å². The van der Waals surface area contributed by atoms with Gasteiger partial charge >= 0.3 is 6.09 Å². The topological polar surface area (TPSA) is 103 Å². The first-order valence-electron chi connectivity index (χ1n) is 6.72. The van der Waals surface area contributed by atoms with Crippen molar-refractivity contribution in [3.63, 3.8) is 0 Å². The number of anilines is 2. The molecule has 1 fully saturated rings. The van der Waals surface area contributed by atoms with Crippen molar-refractivity contribution in [1.82, 2.24) is 5.32 Å². The lowest BCUT2D eigenvalue weighted by atomic mass is 10.1. The lowest BCUT2D eigenvalue weighted by Crippen LogP contribution is -2.38. The number of methoxy groups -OCH3 is 1. The molecule has 1 saturated heterocycles. The molecule has 2 rings (SSSR count). The first-order chi connectivity index (χ1) is 10.1. The van der Waals surface area contributed by atoms with E-state index in [0.717, 1.165) is 12.8 Å². The maximum atomic E-state index is 12.2. The van der Waals surface area contributed by atoms with Crippen molar-refractivity contribution < 1.29 is 19.1 Å². The minimum Gasteiger partial charge on any atom is -0.453 e. The molecule has 0 aromatic heterocycles. The summed E-state index contributed by atoms with van der Waals surface area (Å²) in [6, 6.07) is 4.78. The maximum Gasteiger partial charge on any atom is 0.411 e. The van der Waals surface area contributed by atoms with Gasteiger partial charge in [-0.2, -0.15) is 0 Å². The van der Waals surface area contributed by atoms with Crippen molar-refractivity contribution in [2.75, 3.05) is 31.4 Å². The summed E-state index contributed by atoms with van der Waals surface area (Å²) >= 11 is 0. The van der Waals surface area contributed by atoms with Crippen molar-refractivity contribution in [2.45, 2.75) is 18.9 Å². The molecule has 7 nitrogen and oxygen atoms in total. The molecule has 0 saturated carbocycles. The zero-order valence-corrected chi connectivity index (χ0v) is 11.8. The Labute approximate surface area is 122 Å². The molecule has 1 heterocycles. The van der Waals surface area contributed by atoms with Gasteiger partial charge in [0, 0.05) is 36.2 Å². The van der Waals surface area contributed by atoms with E-state index in [-0.39, 0.29) is 11.9 Å². The van der Waals surface area contributed by atoms with Crippen LogP contribution in [-0.4, -0.2) is 38.4 Å². The lowest BCUT2D eigenvalue weighted by Gasteiger charge is -2.23. The average Bonchev–Trinajstić information content (AvgIpc) is 2.47. The molecule has 1 aromatic rings. The van der Waals surface area contributed by atoms with E-state index in [4.69, 9.17) is 10.5 Å². The van der Waals surface area contributed by atoms with Crippen LogP contribution in [0.3, 0.4) is 0 Å². The Balaban J connectivity index is 2.07. The number of benzene rings is 1. The first-order valence-corrected chi connectivity index (χ1v) is 6.72. The number of nitrogens with one attached hydrogen (secondary N) is 2. The van der Waals surface area contributed by atoms with Crippen molar-refractivity contribution in [1.29, 1.82) is 0 Å². The minimum atomic E-state index is -0.614. The van der Waals surface area contributed by atoms with Crippen LogP contribution in [-0.2, 0) is 9.47 Å². The highest BCUT2D eigenvalue weighted by molar-refractivity contribution is 5.97. The molecule has 0 unspecified atom stereocenters. The molecule has 1 aromatic carbocycles. The highest BCUT2D eigenvalue weighted by Gasteiger charge is 2.17. The third-order valence-corrected chi connectivity index (χ3v) is 3.21. The molecule has 4 N–H and O–H groups in total. The normalized spacial score (nSPS) is 15.3. The molecule has 0 spiro atoms. The predicted molar refractivity (Wildman–Crippen MR) is 78.2 cm³/mol. The Hall–Kier alpha value is -2.28. The fraction of sp³-hybridized carbons (Fsp3) is 0.429. The van der Waals surface area contributed by atoms with Gasteiger partial charge in [0.2, 0.25) is 0 Å². The van der Waals surface area contributed by atoms with Gasteiger partial charge in [-0.1, -0.05) is 0 Å². The number of hydrogen-bond donors (Lipinski definition) is 3. The summed E-state index contributed by atoms with van der Waals surface area (Å²) in [7, 11) is 1.26. The van der Waals surface area contributed by atoms with E-state index in [0.29, 0.717) is 30.2 Å². The summed E-state index contributed by atoms with van der Waals surface area (Å²) in [5.74, 6) is -0.220.